The minimum Gasteiger partial charge on any atom is -0.465 e. The average molecular weight is 271 g/mol. The van der Waals surface area contributed by atoms with E-state index in [0.29, 0.717) is 30.0 Å². The lowest BCUT2D eigenvalue weighted by atomic mass is 10.2. The van der Waals surface area contributed by atoms with Gasteiger partial charge in [0.1, 0.15) is 0 Å². The molecule has 0 spiro atoms. The largest absolute Gasteiger partial charge is 0.465 e. The van der Waals surface area contributed by atoms with Crippen molar-refractivity contribution >= 4 is 23.5 Å². The third-order valence-corrected chi connectivity index (χ3v) is 2.51. The summed E-state index contributed by atoms with van der Waals surface area (Å²) >= 11 is 5.49. The van der Waals surface area contributed by atoms with Crippen molar-refractivity contribution in [1.29, 1.82) is 0 Å². The first-order chi connectivity index (χ1) is 8.67. The Balaban J connectivity index is 2.52. The SMILES string of the molecule is COC(=O)c1ccnc(CNC(=O)CCCCl)c1. The van der Waals surface area contributed by atoms with Crippen molar-refractivity contribution in [2.45, 2.75) is 19.4 Å². The molecule has 6 heteroatoms. The van der Waals surface area contributed by atoms with Gasteiger partial charge in [0.05, 0.1) is 24.9 Å². The normalized spacial score (nSPS) is 9.89. The molecule has 0 aliphatic rings. The first kappa shape index (κ1) is 14.4. The number of alkyl halides is 1. The van der Waals surface area contributed by atoms with Gasteiger partial charge in [-0.15, -0.1) is 11.6 Å². The van der Waals surface area contributed by atoms with Gasteiger partial charge in [0.25, 0.3) is 0 Å². The van der Waals surface area contributed by atoms with Crippen LogP contribution in [0.3, 0.4) is 0 Å². The Morgan fingerprint density at radius 3 is 2.94 bits per heavy atom. The molecule has 1 N–H and O–H groups in total. The van der Waals surface area contributed by atoms with Crippen LogP contribution in [0.25, 0.3) is 0 Å². The molecule has 1 aromatic heterocycles. The summed E-state index contributed by atoms with van der Waals surface area (Å²) in [5.41, 5.74) is 1.02. The molecule has 18 heavy (non-hydrogen) atoms. The van der Waals surface area contributed by atoms with Crippen LogP contribution in [0.4, 0.5) is 0 Å². The number of nitrogens with zero attached hydrogens (tertiary/aromatic N) is 1. The Morgan fingerprint density at radius 2 is 2.28 bits per heavy atom. The second-order valence-corrected chi connectivity index (χ2v) is 3.97. The number of halogens is 1. The number of ether oxygens (including phenoxy) is 1. The molecule has 0 radical (unpaired) electrons. The summed E-state index contributed by atoms with van der Waals surface area (Å²) in [5.74, 6) is -0.0446. The molecule has 98 valence electrons. The average Bonchev–Trinajstić information content (AvgIpc) is 2.42. The van der Waals surface area contributed by atoms with Crippen LogP contribution in [0.1, 0.15) is 28.9 Å². The minimum absolute atomic E-state index is 0.0825. The number of carbonyl (C=O) groups is 2. The molecule has 5 nitrogen and oxygen atoms in total. The van der Waals surface area contributed by atoms with Crippen molar-refractivity contribution in [1.82, 2.24) is 10.3 Å². The Morgan fingerprint density at radius 1 is 1.50 bits per heavy atom. The van der Waals surface area contributed by atoms with Crippen molar-refractivity contribution in [3.63, 3.8) is 0 Å². The number of pyridine rings is 1. The first-order valence-corrected chi connectivity index (χ1v) is 6.06. The van der Waals surface area contributed by atoms with Crippen LogP contribution in [0.5, 0.6) is 0 Å². The molecule has 1 amide bonds. The molecule has 0 fully saturated rings. The van der Waals surface area contributed by atoms with Gasteiger partial charge in [-0.3, -0.25) is 9.78 Å². The van der Waals surface area contributed by atoms with Crippen molar-refractivity contribution in [2.24, 2.45) is 0 Å². The molecule has 0 saturated heterocycles. The number of methoxy groups -OCH3 is 1. The van der Waals surface area contributed by atoms with E-state index in [2.05, 4.69) is 15.0 Å². The van der Waals surface area contributed by atoms with Gasteiger partial charge in [-0.1, -0.05) is 0 Å². The maximum atomic E-state index is 11.4. The highest BCUT2D eigenvalue weighted by Crippen LogP contribution is 2.03. The number of amides is 1. The standard InChI is InChI=1S/C12H15ClN2O3/c1-18-12(17)9-4-6-14-10(7-9)8-15-11(16)3-2-5-13/h4,6-7H,2-3,5,8H2,1H3,(H,15,16). The third-order valence-electron chi connectivity index (χ3n) is 2.24. The molecule has 1 heterocycles. The van der Waals surface area contributed by atoms with E-state index in [1.165, 1.54) is 13.3 Å². The van der Waals surface area contributed by atoms with Gasteiger partial charge in [0.2, 0.25) is 5.91 Å². The Bertz CT molecular complexity index is 424. The molecular weight excluding hydrogens is 256 g/mol. The van der Waals surface area contributed by atoms with E-state index in [4.69, 9.17) is 11.6 Å². The van der Waals surface area contributed by atoms with Crippen LogP contribution < -0.4 is 5.32 Å². The van der Waals surface area contributed by atoms with E-state index in [1.54, 1.807) is 12.1 Å². The highest BCUT2D eigenvalue weighted by atomic mass is 35.5. The van der Waals surface area contributed by atoms with Crippen molar-refractivity contribution in [2.75, 3.05) is 13.0 Å². The van der Waals surface area contributed by atoms with Gasteiger partial charge in [0, 0.05) is 18.5 Å². The van der Waals surface area contributed by atoms with Crippen LogP contribution in [0.2, 0.25) is 0 Å². The summed E-state index contributed by atoms with van der Waals surface area (Å²) in [7, 11) is 1.32. The lowest BCUT2D eigenvalue weighted by molar-refractivity contribution is -0.121. The smallest absolute Gasteiger partial charge is 0.337 e. The third kappa shape index (κ3) is 4.71. The highest BCUT2D eigenvalue weighted by Gasteiger charge is 2.07. The first-order valence-electron chi connectivity index (χ1n) is 5.53. The van der Waals surface area contributed by atoms with E-state index in [1.807, 2.05) is 0 Å². The summed E-state index contributed by atoms with van der Waals surface area (Å²) in [6, 6.07) is 3.15. The predicted octanol–water partition coefficient (Wildman–Crippen LogP) is 1.50. The Hall–Kier alpha value is -1.62. The molecule has 0 unspecified atom stereocenters. The number of rotatable bonds is 6. The number of aromatic nitrogens is 1. The number of hydrogen-bond acceptors (Lipinski definition) is 4. The van der Waals surface area contributed by atoms with E-state index < -0.39 is 5.97 Å². The van der Waals surface area contributed by atoms with E-state index in [-0.39, 0.29) is 12.5 Å². The molecule has 0 atom stereocenters. The van der Waals surface area contributed by atoms with Crippen LogP contribution in [0.15, 0.2) is 18.3 Å². The van der Waals surface area contributed by atoms with Gasteiger partial charge >= 0.3 is 5.97 Å². The molecule has 0 aliphatic heterocycles. The summed E-state index contributed by atoms with van der Waals surface area (Å²) in [5, 5.41) is 2.71. The highest BCUT2D eigenvalue weighted by molar-refractivity contribution is 6.17. The second kappa shape index (κ2) is 7.66. The van der Waals surface area contributed by atoms with Gasteiger partial charge in [-0.05, 0) is 18.6 Å². The van der Waals surface area contributed by atoms with Gasteiger partial charge in [-0.25, -0.2) is 4.79 Å². The van der Waals surface area contributed by atoms with Crippen LogP contribution in [-0.2, 0) is 16.1 Å². The lowest BCUT2D eigenvalue weighted by Gasteiger charge is -2.05. The number of nitrogens with one attached hydrogen (secondary N) is 1. The summed E-state index contributed by atoms with van der Waals surface area (Å²) in [6.07, 6.45) is 2.54. The quantitative estimate of drug-likeness (QED) is 0.628. The van der Waals surface area contributed by atoms with Gasteiger partial charge in [-0.2, -0.15) is 0 Å². The Labute approximate surface area is 110 Å². The molecule has 1 rings (SSSR count). The maximum Gasteiger partial charge on any atom is 0.337 e. The summed E-state index contributed by atoms with van der Waals surface area (Å²) < 4.78 is 4.60. The maximum absolute atomic E-state index is 11.4. The zero-order valence-corrected chi connectivity index (χ0v) is 10.9. The van der Waals surface area contributed by atoms with Crippen LogP contribution in [0, 0.1) is 0 Å². The number of carbonyl (C=O) groups excluding carboxylic acids is 2. The van der Waals surface area contributed by atoms with E-state index in [9.17, 15) is 9.59 Å². The van der Waals surface area contributed by atoms with Crippen molar-refractivity contribution in [3.05, 3.63) is 29.6 Å². The van der Waals surface area contributed by atoms with E-state index in [0.717, 1.165) is 0 Å². The van der Waals surface area contributed by atoms with Crippen LogP contribution in [-0.4, -0.2) is 29.9 Å². The van der Waals surface area contributed by atoms with Gasteiger partial charge in [0.15, 0.2) is 0 Å². The topological polar surface area (TPSA) is 68.3 Å². The number of hydrogen-bond donors (Lipinski definition) is 1. The minimum atomic E-state index is -0.424. The summed E-state index contributed by atoms with van der Waals surface area (Å²) in [4.78, 5) is 26.7. The zero-order chi connectivity index (χ0) is 13.4. The zero-order valence-electron chi connectivity index (χ0n) is 10.1. The fourth-order valence-electron chi connectivity index (χ4n) is 1.32. The molecule has 0 aromatic carbocycles. The van der Waals surface area contributed by atoms with Crippen LogP contribution >= 0.6 is 11.6 Å². The monoisotopic (exact) mass is 270 g/mol. The molecular formula is C12H15ClN2O3. The molecule has 0 bridgehead atoms. The fourth-order valence-corrected chi connectivity index (χ4v) is 1.46. The second-order valence-electron chi connectivity index (χ2n) is 3.60. The molecule has 1 aromatic rings. The lowest BCUT2D eigenvalue weighted by Crippen LogP contribution is -2.23. The van der Waals surface area contributed by atoms with E-state index >= 15 is 0 Å². The molecule has 0 saturated carbocycles. The predicted molar refractivity (Wildman–Crippen MR) is 67.4 cm³/mol. The molecule has 0 aliphatic carbocycles. The van der Waals surface area contributed by atoms with Gasteiger partial charge < -0.3 is 10.1 Å². The fraction of sp³-hybridized carbons (Fsp3) is 0.417. The summed E-state index contributed by atoms with van der Waals surface area (Å²) in [6.45, 7) is 0.284. The van der Waals surface area contributed by atoms with Crippen molar-refractivity contribution in [3.8, 4) is 0 Å². The Kier molecular flexibility index (Phi) is 6.14. The number of esters is 1. The van der Waals surface area contributed by atoms with Crippen molar-refractivity contribution < 1.29 is 14.3 Å².